The maximum atomic E-state index is 14.3. The highest BCUT2D eigenvalue weighted by Gasteiger charge is 2.58. The molecule has 3 rings (SSSR count). The van der Waals surface area contributed by atoms with Crippen LogP contribution in [0.1, 0.15) is 303 Å². The van der Waals surface area contributed by atoms with Gasteiger partial charge in [0.15, 0.2) is 18.7 Å². The summed E-state index contributed by atoms with van der Waals surface area (Å²) >= 11 is 0. The molecule has 2 saturated heterocycles. The van der Waals surface area contributed by atoms with Gasteiger partial charge in [0.1, 0.15) is 98.7 Å². The van der Waals surface area contributed by atoms with E-state index in [1.165, 1.54) is 148 Å². The molecule has 566 valence electrons. The van der Waals surface area contributed by atoms with Gasteiger partial charge in [0.2, 0.25) is 0 Å². The molecule has 0 radical (unpaired) electrons. The maximum Gasteiger partial charge on any atom is 0.472 e. The van der Waals surface area contributed by atoms with E-state index in [2.05, 4.69) is 20.8 Å². The van der Waals surface area contributed by atoms with E-state index in [0.29, 0.717) is 19.3 Å². The molecule has 0 bridgehead atoms. The van der Waals surface area contributed by atoms with Gasteiger partial charge in [-0.3, -0.25) is 23.4 Å². The summed E-state index contributed by atoms with van der Waals surface area (Å²) in [5, 5.41) is 110. The number of esters is 3. The van der Waals surface area contributed by atoms with Crippen LogP contribution >= 0.6 is 7.82 Å². The lowest BCUT2D eigenvalue weighted by molar-refractivity contribution is -0.360. The fourth-order valence-electron chi connectivity index (χ4n) is 12.7. The lowest BCUT2D eigenvalue weighted by atomic mass is 9.84. The molecular formula is C71H133O24P. The molecule has 0 aromatic heterocycles. The molecular weight excluding hydrogens is 1270 g/mol. The summed E-state index contributed by atoms with van der Waals surface area (Å²) in [5.41, 5.74) is 0. The Labute approximate surface area is 574 Å². The monoisotopic (exact) mass is 1400 g/mol. The van der Waals surface area contributed by atoms with Crippen molar-refractivity contribution in [1.82, 2.24) is 0 Å². The third-order valence-electron chi connectivity index (χ3n) is 18.9. The lowest BCUT2D eigenvalue weighted by Gasteiger charge is -2.49. The van der Waals surface area contributed by atoms with Crippen molar-refractivity contribution in [2.75, 3.05) is 26.4 Å². The minimum Gasteiger partial charge on any atom is -0.463 e. The van der Waals surface area contributed by atoms with E-state index >= 15 is 0 Å². The Morgan fingerprint density at radius 3 is 1.02 bits per heavy atom. The number of carbonyl (C=O) groups is 3. The number of unbranched alkanes of at least 4 members (excludes halogenated alkanes) is 38. The quantitative estimate of drug-likeness (QED) is 0.0117. The van der Waals surface area contributed by atoms with E-state index in [4.69, 9.17) is 42.2 Å². The van der Waals surface area contributed by atoms with Gasteiger partial charge in [0.25, 0.3) is 0 Å². The van der Waals surface area contributed by atoms with Gasteiger partial charge in [-0.05, 0) is 19.3 Å². The Morgan fingerprint density at radius 2 is 0.667 bits per heavy atom. The molecule has 3 fully saturated rings. The van der Waals surface area contributed by atoms with Crippen LogP contribution in [0.2, 0.25) is 0 Å². The van der Waals surface area contributed by atoms with Crippen LogP contribution in [0.15, 0.2) is 0 Å². The second-order valence-corrected chi connectivity index (χ2v) is 28.8. The van der Waals surface area contributed by atoms with Crippen LogP contribution in [0.5, 0.6) is 0 Å². The fraction of sp³-hybridized carbons (Fsp3) is 0.958. The van der Waals surface area contributed by atoms with E-state index in [0.717, 1.165) is 96.3 Å². The van der Waals surface area contributed by atoms with Crippen molar-refractivity contribution in [3.05, 3.63) is 0 Å². The highest BCUT2D eigenvalue weighted by Crippen LogP contribution is 2.49. The van der Waals surface area contributed by atoms with E-state index in [9.17, 15) is 74.9 Å². The number of aliphatic hydroxyl groups is 10. The van der Waals surface area contributed by atoms with Crippen molar-refractivity contribution in [2.24, 2.45) is 0 Å². The molecule has 2 heterocycles. The Bertz CT molecular complexity index is 1990. The third-order valence-corrected chi connectivity index (χ3v) is 19.9. The Morgan fingerprint density at radius 1 is 0.365 bits per heavy atom. The molecule has 1 aliphatic carbocycles. The number of phosphoric ester groups is 1. The van der Waals surface area contributed by atoms with Gasteiger partial charge in [-0.25, -0.2) is 4.57 Å². The zero-order valence-electron chi connectivity index (χ0n) is 58.9. The van der Waals surface area contributed by atoms with Crippen molar-refractivity contribution < 1.29 is 117 Å². The van der Waals surface area contributed by atoms with Crippen LogP contribution in [0.3, 0.4) is 0 Å². The molecule has 0 aromatic rings. The van der Waals surface area contributed by atoms with Gasteiger partial charge in [-0.15, -0.1) is 0 Å². The summed E-state index contributed by atoms with van der Waals surface area (Å²) in [5.74, 6) is -1.97. The molecule has 3 aliphatic rings. The first-order valence-electron chi connectivity index (χ1n) is 37.8. The summed E-state index contributed by atoms with van der Waals surface area (Å²) in [6.45, 7) is 3.46. The predicted octanol–water partition coefficient (Wildman–Crippen LogP) is 10.2. The topological polar surface area (TPSA) is 374 Å². The minimum absolute atomic E-state index is 0.0335. The average molecular weight is 1400 g/mol. The first-order chi connectivity index (χ1) is 46.3. The fourth-order valence-corrected chi connectivity index (χ4v) is 13.7. The van der Waals surface area contributed by atoms with Crippen molar-refractivity contribution in [1.29, 1.82) is 0 Å². The predicted molar refractivity (Wildman–Crippen MR) is 361 cm³/mol. The van der Waals surface area contributed by atoms with Crippen LogP contribution in [-0.2, 0) is 61.2 Å². The number of carbonyl (C=O) groups excluding carboxylic acids is 3. The Balaban J connectivity index is 1.72. The average Bonchev–Trinajstić information content (AvgIpc) is 0.764. The molecule has 24 nitrogen and oxygen atoms in total. The molecule has 0 aromatic carbocycles. The normalized spacial score (nSPS) is 27.9. The first-order valence-corrected chi connectivity index (χ1v) is 39.3. The second-order valence-electron chi connectivity index (χ2n) is 27.4. The van der Waals surface area contributed by atoms with Crippen LogP contribution < -0.4 is 0 Å². The molecule has 11 N–H and O–H groups in total. The lowest BCUT2D eigenvalue weighted by Crippen LogP contribution is -2.69. The van der Waals surface area contributed by atoms with Gasteiger partial charge in [-0.2, -0.15) is 0 Å². The molecule has 2 aliphatic heterocycles. The summed E-state index contributed by atoms with van der Waals surface area (Å²) in [4.78, 5) is 50.9. The molecule has 25 heteroatoms. The van der Waals surface area contributed by atoms with Gasteiger partial charge in [-0.1, -0.05) is 265 Å². The van der Waals surface area contributed by atoms with E-state index in [1.807, 2.05) is 0 Å². The minimum atomic E-state index is -5.69. The molecule has 1 saturated carbocycles. The van der Waals surface area contributed by atoms with E-state index in [-0.39, 0.29) is 19.3 Å². The highest BCUT2D eigenvalue weighted by atomic mass is 31.2. The summed E-state index contributed by atoms with van der Waals surface area (Å²) < 4.78 is 65.0. The SMILES string of the molecule is CCCCCCCCCCCCCCCCCCC(=O)OCC1OC(OC2C(O)C(O)C(O)C(OC3OC(CO)C(O)C(O)C3O)C2OP(=O)(O)OCC(COC(=O)CCCCCCCCCCCCCC)OC(=O)CCCCCCCCCCCCCCC)C(O)C(O)C1O. The number of ether oxygens (including phenoxy) is 7. The summed E-state index contributed by atoms with van der Waals surface area (Å²) in [7, 11) is -5.69. The van der Waals surface area contributed by atoms with Crippen molar-refractivity contribution in [2.45, 2.75) is 407 Å². The first kappa shape index (κ1) is 88.2. The van der Waals surface area contributed by atoms with Crippen molar-refractivity contribution >= 4 is 25.7 Å². The number of rotatable bonds is 59. The van der Waals surface area contributed by atoms with Gasteiger partial charge >= 0.3 is 25.7 Å². The van der Waals surface area contributed by atoms with Crippen molar-refractivity contribution in [3.63, 3.8) is 0 Å². The smallest absolute Gasteiger partial charge is 0.463 e. The standard InChI is InChI=1S/C71H133O24P/c1-4-7-10-13-16-19-22-25-26-27-29-31-34-37-40-43-46-56(74)88-51-54-59(77)61(79)66(84)71(92-54)94-68-64(82)62(80)63(81)67(93-70-65(83)60(78)58(76)53(48-72)91-70)69(68)95-96(85,86)89-50-52(49-87-55(73)45-42-39-36-33-30-24-21-18-15-12-9-6-3)90-57(75)47-44-41-38-35-32-28-23-20-17-14-11-8-5-2/h52-54,58-72,76-84H,4-51H2,1-3H3,(H,85,86). The molecule has 0 amide bonds. The second kappa shape index (κ2) is 53.7. The largest absolute Gasteiger partial charge is 0.472 e. The zero-order valence-corrected chi connectivity index (χ0v) is 59.8. The number of hydrogen-bond acceptors (Lipinski definition) is 23. The third kappa shape index (κ3) is 36.7. The van der Waals surface area contributed by atoms with Gasteiger partial charge < -0.3 is 89.1 Å². The number of phosphoric acid groups is 1. The number of aliphatic hydroxyl groups excluding tert-OH is 10. The summed E-state index contributed by atoms with van der Waals surface area (Å²) in [6.07, 6.45) is 10.3. The van der Waals surface area contributed by atoms with Crippen LogP contribution in [-0.4, -0.2) is 204 Å². The van der Waals surface area contributed by atoms with Crippen LogP contribution in [0.4, 0.5) is 0 Å². The van der Waals surface area contributed by atoms with Gasteiger partial charge in [0.05, 0.1) is 13.2 Å². The summed E-state index contributed by atoms with van der Waals surface area (Å²) in [6, 6.07) is 0. The number of hydrogen-bond donors (Lipinski definition) is 11. The Hall–Kier alpha value is -2.04. The molecule has 18 unspecified atom stereocenters. The van der Waals surface area contributed by atoms with E-state index < -0.39 is 156 Å². The molecule has 18 atom stereocenters. The van der Waals surface area contributed by atoms with Crippen LogP contribution in [0.25, 0.3) is 0 Å². The highest BCUT2D eigenvalue weighted by molar-refractivity contribution is 7.47. The van der Waals surface area contributed by atoms with Crippen molar-refractivity contribution in [3.8, 4) is 0 Å². The molecule has 96 heavy (non-hydrogen) atoms. The van der Waals surface area contributed by atoms with E-state index in [1.54, 1.807) is 0 Å². The molecule has 0 spiro atoms. The maximum absolute atomic E-state index is 14.3. The van der Waals surface area contributed by atoms with Gasteiger partial charge in [0, 0.05) is 19.3 Å². The zero-order chi connectivity index (χ0) is 70.4. The Kier molecular flexibility index (Phi) is 49.4. The van der Waals surface area contributed by atoms with Crippen LogP contribution in [0, 0.1) is 0 Å².